The predicted molar refractivity (Wildman–Crippen MR) is 115 cm³/mol. The second-order valence-corrected chi connectivity index (χ2v) is 12.4. The van der Waals surface area contributed by atoms with Crippen LogP contribution in [0.5, 0.6) is 0 Å². The number of hydrogen-bond donors (Lipinski definition) is 2. The van der Waals surface area contributed by atoms with Crippen LogP contribution in [0.4, 0.5) is 5.69 Å². The molecule has 5 nitrogen and oxygen atoms in total. The Hall–Kier alpha value is -1.18. The molecule has 1 aromatic rings. The molecular formula is C21H27BrN2O3S. The lowest BCUT2D eigenvalue weighted by Gasteiger charge is -2.59. The first-order valence-corrected chi connectivity index (χ1v) is 12.3. The maximum Gasteiger partial charge on any atom is 0.230 e. The smallest absolute Gasteiger partial charge is 0.230 e. The van der Waals surface area contributed by atoms with Crippen LogP contribution in [0.2, 0.25) is 0 Å². The van der Waals surface area contributed by atoms with Gasteiger partial charge >= 0.3 is 0 Å². The van der Waals surface area contributed by atoms with Crippen molar-refractivity contribution in [2.75, 3.05) is 11.9 Å². The van der Waals surface area contributed by atoms with Crippen molar-refractivity contribution in [2.24, 2.45) is 17.3 Å². The minimum absolute atomic E-state index is 0.0888. The second-order valence-electron chi connectivity index (χ2n) is 8.94. The summed E-state index contributed by atoms with van der Waals surface area (Å²) in [6.45, 7) is 3.73. The monoisotopic (exact) mass is 466 g/mol. The highest BCUT2D eigenvalue weighted by Crippen LogP contribution is 2.64. The van der Waals surface area contributed by atoms with Gasteiger partial charge in [-0.25, -0.2) is 13.1 Å². The molecule has 0 radical (unpaired) electrons. The zero-order valence-corrected chi connectivity index (χ0v) is 18.3. The second kappa shape index (κ2) is 7.26. The van der Waals surface area contributed by atoms with Crippen molar-refractivity contribution < 1.29 is 13.2 Å². The number of anilines is 1. The highest BCUT2D eigenvalue weighted by molar-refractivity contribution is 9.10. The minimum atomic E-state index is -3.38. The highest BCUT2D eigenvalue weighted by atomic mass is 79.9. The van der Waals surface area contributed by atoms with Gasteiger partial charge in [-0.2, -0.15) is 0 Å². The van der Waals surface area contributed by atoms with E-state index in [2.05, 4.69) is 32.5 Å². The molecule has 0 spiro atoms. The van der Waals surface area contributed by atoms with Gasteiger partial charge in [0.15, 0.2) is 0 Å². The van der Waals surface area contributed by atoms with E-state index in [0.29, 0.717) is 17.4 Å². The number of sulfonamides is 1. The molecule has 2 N–H and O–H groups in total. The van der Waals surface area contributed by atoms with E-state index in [9.17, 15) is 13.2 Å². The maximum absolute atomic E-state index is 13.2. The topological polar surface area (TPSA) is 75.3 Å². The highest BCUT2D eigenvalue weighted by Gasteiger charge is 2.59. The number of carbonyl (C=O) groups excluding carboxylic acids is 1. The van der Waals surface area contributed by atoms with Gasteiger partial charge in [-0.3, -0.25) is 4.79 Å². The van der Waals surface area contributed by atoms with Crippen molar-refractivity contribution in [3.8, 4) is 0 Å². The molecule has 152 valence electrons. The van der Waals surface area contributed by atoms with Gasteiger partial charge in [0.2, 0.25) is 15.9 Å². The van der Waals surface area contributed by atoms with Crippen LogP contribution in [-0.4, -0.2) is 25.2 Å². The molecular weight excluding hydrogens is 440 g/mol. The molecule has 7 heteroatoms. The van der Waals surface area contributed by atoms with Crippen molar-refractivity contribution >= 4 is 37.5 Å². The van der Waals surface area contributed by atoms with Crippen LogP contribution in [0, 0.1) is 17.3 Å². The Labute approximate surface area is 175 Å². The minimum Gasteiger partial charge on any atom is -0.326 e. The molecule has 2 atom stereocenters. The average molecular weight is 467 g/mol. The Bertz CT molecular complexity index is 867. The Morgan fingerprint density at radius 2 is 1.82 bits per heavy atom. The fourth-order valence-electron chi connectivity index (χ4n) is 5.82. The van der Waals surface area contributed by atoms with Gasteiger partial charge in [-0.15, -0.1) is 6.58 Å². The lowest BCUT2D eigenvalue weighted by Crippen LogP contribution is -2.57. The van der Waals surface area contributed by atoms with Gasteiger partial charge < -0.3 is 5.32 Å². The third-order valence-corrected chi connectivity index (χ3v) is 8.74. The van der Waals surface area contributed by atoms with E-state index in [0.717, 1.165) is 24.9 Å². The molecule has 28 heavy (non-hydrogen) atoms. The molecule has 1 amide bonds. The first-order chi connectivity index (χ1) is 13.2. The molecule has 4 fully saturated rings. The van der Waals surface area contributed by atoms with Crippen molar-refractivity contribution in [1.29, 1.82) is 0 Å². The van der Waals surface area contributed by atoms with E-state index >= 15 is 0 Å². The normalized spacial score (nSPS) is 33.6. The molecule has 0 saturated heterocycles. The van der Waals surface area contributed by atoms with E-state index in [1.54, 1.807) is 24.3 Å². The van der Waals surface area contributed by atoms with Crippen molar-refractivity contribution in [2.45, 2.75) is 48.6 Å². The molecule has 0 heterocycles. The fourth-order valence-corrected chi connectivity index (χ4v) is 8.38. The van der Waals surface area contributed by atoms with Crippen LogP contribution in [0.3, 0.4) is 0 Å². The van der Waals surface area contributed by atoms with E-state index in [1.165, 1.54) is 25.3 Å². The maximum atomic E-state index is 13.2. The van der Waals surface area contributed by atoms with Crippen molar-refractivity contribution in [1.82, 2.24) is 4.72 Å². The number of benzene rings is 1. The third-order valence-electron chi connectivity index (χ3n) is 6.49. The molecule has 4 aliphatic carbocycles. The number of alkyl halides is 1. The standard InChI is InChI=1S/C21H27BrN2O3S/c1-2-7-23-28(26,27)13-15-3-5-18(6-4-15)24-19(25)20-9-16-8-17(10-20)12-21(22,11-16)14-20/h2-6,16-17,23H,1,7-14H2,(H,24,25). The van der Waals surface area contributed by atoms with E-state index in [4.69, 9.17) is 0 Å². The Kier molecular flexibility index (Phi) is 5.21. The molecule has 4 saturated carbocycles. The first kappa shape index (κ1) is 20.1. The van der Waals surface area contributed by atoms with Crippen LogP contribution in [-0.2, 0) is 20.6 Å². The van der Waals surface area contributed by atoms with Crippen LogP contribution >= 0.6 is 15.9 Å². The van der Waals surface area contributed by atoms with E-state index in [1.807, 2.05) is 0 Å². The van der Waals surface area contributed by atoms with Gasteiger partial charge in [0.05, 0.1) is 11.2 Å². The Morgan fingerprint density at radius 1 is 1.18 bits per heavy atom. The number of hydrogen-bond acceptors (Lipinski definition) is 3. The molecule has 2 unspecified atom stereocenters. The van der Waals surface area contributed by atoms with Crippen molar-refractivity contribution in [3.63, 3.8) is 0 Å². The molecule has 0 aromatic heterocycles. The third kappa shape index (κ3) is 4.07. The summed E-state index contributed by atoms with van der Waals surface area (Å²) in [5.74, 6) is 1.34. The summed E-state index contributed by atoms with van der Waals surface area (Å²) in [5, 5.41) is 3.10. The largest absolute Gasteiger partial charge is 0.326 e. The van der Waals surface area contributed by atoms with Crippen LogP contribution < -0.4 is 10.0 Å². The summed E-state index contributed by atoms with van der Waals surface area (Å²) < 4.78 is 26.6. The number of amides is 1. The first-order valence-electron chi connectivity index (χ1n) is 9.89. The number of halogens is 1. The summed E-state index contributed by atoms with van der Waals surface area (Å²) >= 11 is 3.95. The van der Waals surface area contributed by atoms with E-state index in [-0.39, 0.29) is 27.9 Å². The molecule has 4 aliphatic rings. The fraction of sp³-hybridized carbons (Fsp3) is 0.571. The summed E-state index contributed by atoms with van der Waals surface area (Å²) in [6, 6.07) is 7.10. The zero-order valence-electron chi connectivity index (χ0n) is 15.9. The van der Waals surface area contributed by atoms with Gasteiger partial charge in [-0.1, -0.05) is 34.1 Å². The summed E-state index contributed by atoms with van der Waals surface area (Å²) in [7, 11) is -3.38. The van der Waals surface area contributed by atoms with Gasteiger partial charge in [-0.05, 0) is 68.1 Å². The van der Waals surface area contributed by atoms with Crippen LogP contribution in [0.15, 0.2) is 36.9 Å². The van der Waals surface area contributed by atoms with Gasteiger partial charge in [0.1, 0.15) is 0 Å². The molecule has 4 bridgehead atoms. The number of rotatable bonds is 7. The molecule has 1 aromatic carbocycles. The Balaban J connectivity index is 1.42. The molecule has 0 aliphatic heterocycles. The SMILES string of the molecule is C=CCNS(=O)(=O)Cc1ccc(NC(=O)C23CC4CC(CC(Br)(C4)C2)C3)cc1. The van der Waals surface area contributed by atoms with Gasteiger partial charge in [0.25, 0.3) is 0 Å². The van der Waals surface area contributed by atoms with Crippen LogP contribution in [0.25, 0.3) is 0 Å². The van der Waals surface area contributed by atoms with E-state index < -0.39 is 10.0 Å². The summed E-state index contributed by atoms with van der Waals surface area (Å²) in [6.07, 6.45) is 8.08. The Morgan fingerprint density at radius 3 is 2.39 bits per heavy atom. The lowest BCUT2D eigenvalue weighted by molar-refractivity contribution is -0.138. The quantitative estimate of drug-likeness (QED) is 0.471. The van der Waals surface area contributed by atoms with Gasteiger partial charge in [0, 0.05) is 16.6 Å². The summed E-state index contributed by atoms with van der Waals surface area (Å²) in [4.78, 5) is 13.2. The number of carbonyl (C=O) groups is 1. The average Bonchev–Trinajstić information content (AvgIpc) is 2.59. The predicted octanol–water partition coefficient (Wildman–Crippen LogP) is 3.96. The summed E-state index contributed by atoms with van der Waals surface area (Å²) in [5.41, 5.74) is 1.15. The number of nitrogens with one attached hydrogen (secondary N) is 2. The van der Waals surface area contributed by atoms with Crippen molar-refractivity contribution in [3.05, 3.63) is 42.5 Å². The zero-order chi connectivity index (χ0) is 20.0. The molecule has 5 rings (SSSR count). The van der Waals surface area contributed by atoms with Crippen LogP contribution in [0.1, 0.15) is 44.1 Å². The lowest BCUT2D eigenvalue weighted by atomic mass is 9.49.